The van der Waals surface area contributed by atoms with Gasteiger partial charge in [-0.15, -0.1) is 6.58 Å². The summed E-state index contributed by atoms with van der Waals surface area (Å²) in [6.45, 7) is 7.40. The zero-order valence-electron chi connectivity index (χ0n) is 15.4. The minimum Gasteiger partial charge on any atom is -0.459 e. The van der Waals surface area contributed by atoms with Crippen molar-refractivity contribution in [1.82, 2.24) is 4.57 Å². The molecule has 0 radical (unpaired) electrons. The third kappa shape index (κ3) is 3.38. The number of carbonyl (C=O) groups excluding carboxylic acids is 1. The predicted molar refractivity (Wildman–Crippen MR) is 103 cm³/mol. The quantitative estimate of drug-likeness (QED) is 0.497. The molecule has 2 heterocycles. The van der Waals surface area contributed by atoms with Crippen molar-refractivity contribution in [3.63, 3.8) is 0 Å². The summed E-state index contributed by atoms with van der Waals surface area (Å²) in [5, 5.41) is 2.64. The molecule has 1 N–H and O–H groups in total. The van der Waals surface area contributed by atoms with Gasteiger partial charge in [0.15, 0.2) is 5.76 Å². The van der Waals surface area contributed by atoms with E-state index < -0.39 is 21.6 Å². The maximum atomic E-state index is 13.3. The van der Waals surface area contributed by atoms with E-state index in [1.54, 1.807) is 30.6 Å². The van der Waals surface area contributed by atoms with E-state index in [0.717, 1.165) is 12.1 Å². The van der Waals surface area contributed by atoms with Crippen LogP contribution in [0, 0.1) is 19.7 Å². The van der Waals surface area contributed by atoms with Gasteiger partial charge in [0.2, 0.25) is 9.84 Å². The number of hydrogen-bond donors (Lipinski definition) is 1. The Balaban J connectivity index is 2.19. The van der Waals surface area contributed by atoms with Crippen LogP contribution < -0.4 is 5.32 Å². The monoisotopic (exact) mass is 402 g/mol. The Kier molecular flexibility index (Phi) is 5.24. The lowest BCUT2D eigenvalue weighted by atomic mass is 10.3. The van der Waals surface area contributed by atoms with Crippen molar-refractivity contribution in [2.75, 3.05) is 5.32 Å². The number of furan rings is 1. The number of rotatable bonds is 6. The second-order valence-electron chi connectivity index (χ2n) is 6.18. The smallest absolute Gasteiger partial charge is 0.292 e. The van der Waals surface area contributed by atoms with E-state index in [0.29, 0.717) is 17.8 Å². The average Bonchev–Trinajstić information content (AvgIpc) is 3.26. The van der Waals surface area contributed by atoms with Crippen molar-refractivity contribution in [2.24, 2.45) is 0 Å². The first-order valence-electron chi connectivity index (χ1n) is 8.43. The van der Waals surface area contributed by atoms with Gasteiger partial charge in [-0.2, -0.15) is 0 Å². The van der Waals surface area contributed by atoms with E-state index in [1.807, 2.05) is 0 Å². The van der Waals surface area contributed by atoms with Crippen LogP contribution in [0.3, 0.4) is 0 Å². The Hall–Kier alpha value is -3.13. The molecule has 8 heteroatoms. The zero-order chi connectivity index (χ0) is 20.5. The number of sulfone groups is 1. The van der Waals surface area contributed by atoms with Gasteiger partial charge in [-0.25, -0.2) is 12.8 Å². The van der Waals surface area contributed by atoms with Crippen LogP contribution in [0.25, 0.3) is 0 Å². The minimum atomic E-state index is -4.02. The summed E-state index contributed by atoms with van der Waals surface area (Å²) in [6.07, 6.45) is 2.95. The average molecular weight is 402 g/mol. The Morgan fingerprint density at radius 1 is 1.25 bits per heavy atom. The highest BCUT2D eigenvalue weighted by molar-refractivity contribution is 7.91. The van der Waals surface area contributed by atoms with Crippen molar-refractivity contribution in [3.8, 4) is 0 Å². The van der Waals surface area contributed by atoms with E-state index in [9.17, 15) is 17.6 Å². The first-order valence-corrected chi connectivity index (χ1v) is 9.91. The molecule has 0 aliphatic carbocycles. The van der Waals surface area contributed by atoms with Crippen LogP contribution in [0.2, 0.25) is 0 Å². The molecule has 0 aliphatic heterocycles. The molecule has 0 fully saturated rings. The van der Waals surface area contributed by atoms with Crippen LogP contribution in [-0.2, 0) is 16.4 Å². The van der Waals surface area contributed by atoms with Crippen LogP contribution in [0.15, 0.2) is 69.5 Å². The van der Waals surface area contributed by atoms with Gasteiger partial charge in [-0.1, -0.05) is 6.08 Å². The SMILES string of the molecule is C=CCn1c(C)c(C)c(S(=O)(=O)c2ccc(F)cc2)c1NC(=O)c1ccco1. The predicted octanol–water partition coefficient (Wildman–Crippen LogP) is 4.11. The molecule has 0 unspecified atom stereocenters. The summed E-state index contributed by atoms with van der Waals surface area (Å²) < 4.78 is 46.6. The van der Waals surface area contributed by atoms with Gasteiger partial charge in [0.05, 0.1) is 11.2 Å². The van der Waals surface area contributed by atoms with Gasteiger partial charge in [-0.3, -0.25) is 4.79 Å². The largest absolute Gasteiger partial charge is 0.459 e. The molecule has 0 saturated carbocycles. The maximum Gasteiger partial charge on any atom is 0.292 e. The third-order valence-electron chi connectivity index (χ3n) is 4.45. The number of halogens is 1. The number of nitrogens with one attached hydrogen (secondary N) is 1. The molecular weight excluding hydrogens is 383 g/mol. The molecule has 28 heavy (non-hydrogen) atoms. The lowest BCUT2D eigenvalue weighted by Gasteiger charge is -2.12. The number of nitrogens with zero attached hydrogens (tertiary/aromatic N) is 1. The minimum absolute atomic E-state index is 0.0432. The van der Waals surface area contributed by atoms with Crippen molar-refractivity contribution >= 4 is 21.6 Å². The van der Waals surface area contributed by atoms with Gasteiger partial charge in [0.1, 0.15) is 16.5 Å². The van der Waals surface area contributed by atoms with Crippen molar-refractivity contribution in [1.29, 1.82) is 0 Å². The lowest BCUT2D eigenvalue weighted by Crippen LogP contribution is -2.17. The molecule has 0 atom stereocenters. The Morgan fingerprint density at radius 2 is 1.93 bits per heavy atom. The number of allylic oxidation sites excluding steroid dienone is 1. The summed E-state index contributed by atoms with van der Waals surface area (Å²) in [4.78, 5) is 12.4. The fraction of sp³-hybridized carbons (Fsp3) is 0.150. The molecule has 2 aromatic heterocycles. The highest BCUT2D eigenvalue weighted by atomic mass is 32.2. The van der Waals surface area contributed by atoms with Crippen LogP contribution in [-0.4, -0.2) is 18.9 Å². The molecule has 1 aromatic carbocycles. The number of anilines is 1. The van der Waals surface area contributed by atoms with Crippen molar-refractivity contribution in [3.05, 3.63) is 78.2 Å². The van der Waals surface area contributed by atoms with Gasteiger partial charge >= 0.3 is 0 Å². The second kappa shape index (κ2) is 7.47. The summed E-state index contributed by atoms with van der Waals surface area (Å²) in [5.41, 5.74) is 1.15. The Labute approximate surface area is 162 Å². The van der Waals surface area contributed by atoms with Crippen LogP contribution in [0.4, 0.5) is 10.2 Å². The molecule has 6 nitrogen and oxygen atoms in total. The van der Waals surface area contributed by atoms with Crippen LogP contribution in [0.1, 0.15) is 21.8 Å². The molecule has 0 bridgehead atoms. The maximum absolute atomic E-state index is 13.3. The first-order chi connectivity index (χ1) is 13.3. The molecule has 146 valence electrons. The Morgan fingerprint density at radius 3 is 2.50 bits per heavy atom. The van der Waals surface area contributed by atoms with E-state index in [4.69, 9.17) is 4.42 Å². The van der Waals surface area contributed by atoms with Gasteiger partial charge < -0.3 is 14.3 Å². The highest BCUT2D eigenvalue weighted by Gasteiger charge is 2.30. The fourth-order valence-electron chi connectivity index (χ4n) is 2.95. The summed E-state index contributed by atoms with van der Waals surface area (Å²) in [7, 11) is -4.02. The zero-order valence-corrected chi connectivity index (χ0v) is 16.2. The molecule has 3 rings (SSSR count). The highest BCUT2D eigenvalue weighted by Crippen LogP contribution is 2.35. The lowest BCUT2D eigenvalue weighted by molar-refractivity contribution is 0.0995. The summed E-state index contributed by atoms with van der Waals surface area (Å²) in [5.74, 6) is -0.960. The van der Waals surface area contributed by atoms with Crippen molar-refractivity contribution in [2.45, 2.75) is 30.2 Å². The van der Waals surface area contributed by atoms with E-state index in [1.165, 1.54) is 24.5 Å². The topological polar surface area (TPSA) is 81.3 Å². The standard InChI is InChI=1S/C20H19FN2O4S/c1-4-11-23-14(3)13(2)18(19(23)22-20(24)17-6-5-12-27-17)28(25,26)16-9-7-15(21)8-10-16/h4-10,12H,1,11H2,2-3H3,(H,22,24). The summed E-state index contributed by atoms with van der Waals surface area (Å²) in [6, 6.07) is 7.59. The number of carbonyl (C=O) groups is 1. The molecule has 0 spiro atoms. The van der Waals surface area contributed by atoms with Crippen LogP contribution >= 0.6 is 0 Å². The number of hydrogen-bond acceptors (Lipinski definition) is 4. The molecular formula is C20H19FN2O4S. The van der Waals surface area contributed by atoms with E-state index in [-0.39, 0.29) is 21.4 Å². The molecule has 1 amide bonds. The Bertz CT molecular complexity index is 1130. The summed E-state index contributed by atoms with van der Waals surface area (Å²) >= 11 is 0. The number of benzene rings is 1. The normalized spacial score (nSPS) is 11.4. The van der Waals surface area contributed by atoms with Crippen LogP contribution in [0.5, 0.6) is 0 Å². The number of aromatic nitrogens is 1. The third-order valence-corrected chi connectivity index (χ3v) is 6.38. The number of amides is 1. The van der Waals surface area contributed by atoms with E-state index >= 15 is 0 Å². The molecule has 0 saturated heterocycles. The van der Waals surface area contributed by atoms with E-state index in [2.05, 4.69) is 11.9 Å². The van der Waals surface area contributed by atoms with Gasteiger partial charge in [0.25, 0.3) is 5.91 Å². The van der Waals surface area contributed by atoms with Gasteiger partial charge in [0, 0.05) is 12.2 Å². The van der Waals surface area contributed by atoms with Gasteiger partial charge in [-0.05, 0) is 55.8 Å². The second-order valence-corrected chi connectivity index (χ2v) is 8.06. The molecule has 0 aliphatic rings. The molecule has 3 aromatic rings. The fourth-order valence-corrected chi connectivity index (χ4v) is 4.65. The first kappa shape index (κ1) is 19.6. The van der Waals surface area contributed by atoms with Crippen molar-refractivity contribution < 1.29 is 22.0 Å².